The molecule has 0 aromatic heterocycles. The van der Waals surface area contributed by atoms with Crippen LogP contribution >= 0.6 is 0 Å². The lowest BCUT2D eigenvalue weighted by Gasteiger charge is -2.64. The Morgan fingerprint density at radius 3 is 2.75 bits per heavy atom. The number of hydrogen-bond acceptors (Lipinski definition) is 4. The predicted octanol–water partition coefficient (Wildman–Crippen LogP) is 1.57. The molecule has 2 aliphatic heterocycles. The highest BCUT2D eigenvalue weighted by Crippen LogP contribution is 2.65. The summed E-state index contributed by atoms with van der Waals surface area (Å²) in [6, 6.07) is -0.0632. The van der Waals surface area contributed by atoms with Gasteiger partial charge in [0.15, 0.2) is 5.68 Å². The molecule has 5 atom stereocenters. The molecule has 2 bridgehead atoms. The second kappa shape index (κ2) is 4.08. The topological polar surface area (TPSA) is 47.6 Å². The molecule has 20 heavy (non-hydrogen) atoms. The van der Waals surface area contributed by atoms with Crippen LogP contribution in [0.4, 0.5) is 0 Å². The van der Waals surface area contributed by atoms with Crippen LogP contribution in [0.25, 0.3) is 0 Å². The summed E-state index contributed by atoms with van der Waals surface area (Å²) in [5.74, 6) is 1.25. The van der Waals surface area contributed by atoms with Gasteiger partial charge in [0, 0.05) is 0 Å². The van der Waals surface area contributed by atoms with E-state index in [1.165, 1.54) is 6.42 Å². The number of carbonyl (C=O) groups is 1. The first kappa shape index (κ1) is 13.3. The van der Waals surface area contributed by atoms with Gasteiger partial charge in [-0.2, -0.15) is 0 Å². The first-order valence-electron chi connectivity index (χ1n) is 8.03. The van der Waals surface area contributed by atoms with Gasteiger partial charge in [-0.1, -0.05) is 13.8 Å². The fraction of sp³-hybridized carbons (Fsp3) is 0.933. The molecule has 0 aromatic carbocycles. The van der Waals surface area contributed by atoms with Gasteiger partial charge < -0.3 is 19.4 Å². The van der Waals surface area contributed by atoms with Crippen LogP contribution in [0.1, 0.15) is 46.5 Å². The highest BCUT2D eigenvalue weighted by Gasteiger charge is 2.68. The van der Waals surface area contributed by atoms with E-state index in [0.717, 1.165) is 31.7 Å². The quantitative estimate of drug-likeness (QED) is 0.778. The molecule has 1 N–H and O–H groups in total. The molecule has 5 heteroatoms. The Labute approximate surface area is 121 Å². The number of hydrogen-bond donors (Lipinski definition) is 1. The summed E-state index contributed by atoms with van der Waals surface area (Å²) in [6.07, 6.45) is 4.37. The molecule has 3 aliphatic carbocycles. The van der Waals surface area contributed by atoms with Crippen LogP contribution in [-0.4, -0.2) is 37.1 Å². The number of rotatable bonds is 2. The van der Waals surface area contributed by atoms with Gasteiger partial charge in [-0.3, -0.25) is 0 Å². The van der Waals surface area contributed by atoms with Gasteiger partial charge in [0.2, 0.25) is 0 Å². The van der Waals surface area contributed by atoms with Crippen LogP contribution in [0, 0.1) is 17.3 Å². The van der Waals surface area contributed by atoms with E-state index in [9.17, 15) is 4.79 Å². The van der Waals surface area contributed by atoms with Crippen molar-refractivity contribution < 1.29 is 14.1 Å². The van der Waals surface area contributed by atoms with Gasteiger partial charge in [-0.15, -0.1) is 0 Å². The first-order chi connectivity index (χ1) is 9.43. The monoisotopic (exact) mass is 277 g/mol. The Morgan fingerprint density at radius 2 is 2.10 bits per heavy atom. The van der Waals surface area contributed by atoms with Crippen LogP contribution in [-0.2, 0) is 14.1 Å². The highest BCUT2D eigenvalue weighted by atomic mass is 16.7. The highest BCUT2D eigenvalue weighted by molar-refractivity contribution is 6.82. The van der Waals surface area contributed by atoms with Gasteiger partial charge in [-0.25, -0.2) is 0 Å². The van der Waals surface area contributed by atoms with E-state index >= 15 is 0 Å². The first-order valence-corrected chi connectivity index (χ1v) is 8.03. The van der Waals surface area contributed by atoms with Crippen LogP contribution in [0.15, 0.2) is 0 Å². The Balaban J connectivity index is 1.53. The Hall–Kier alpha value is -0.385. The van der Waals surface area contributed by atoms with Crippen molar-refractivity contribution >= 4 is 12.8 Å². The molecular weight excluding hydrogens is 253 g/mol. The Morgan fingerprint density at radius 1 is 1.30 bits per heavy atom. The standard InChI is InChI=1S/C15H24BNO3/c1-14(2)9-7-11(14)15(3)12(8-9)19-16(20-15)13(18)10-5-4-6-17-10/h9-12,17H,4-8H2,1-3H3/t9?,10?,11?,12?,15-/m1/s1. The molecule has 110 valence electrons. The number of carbonyl (C=O) groups excluding carboxylic acids is 1. The molecule has 0 amide bonds. The lowest BCUT2D eigenvalue weighted by atomic mass is 9.43. The van der Waals surface area contributed by atoms with Crippen LogP contribution in [0.3, 0.4) is 0 Å². The van der Waals surface area contributed by atoms with Gasteiger partial charge in [0.05, 0.1) is 17.7 Å². The van der Waals surface area contributed by atoms with Crippen molar-refractivity contribution in [1.29, 1.82) is 0 Å². The van der Waals surface area contributed by atoms with Crippen molar-refractivity contribution in [2.24, 2.45) is 17.3 Å². The third-order valence-electron chi connectivity index (χ3n) is 6.59. The zero-order chi connectivity index (χ0) is 14.1. The lowest BCUT2D eigenvalue weighted by Crippen LogP contribution is -2.65. The van der Waals surface area contributed by atoms with Crippen LogP contribution < -0.4 is 5.32 Å². The fourth-order valence-corrected chi connectivity index (χ4v) is 5.08. The Kier molecular flexibility index (Phi) is 2.71. The molecule has 3 saturated carbocycles. The maximum atomic E-state index is 12.5. The van der Waals surface area contributed by atoms with E-state index in [4.69, 9.17) is 9.31 Å². The SMILES string of the molecule is CC1(C)C2CC3OB(C(=O)C4CCCN4)O[C@]3(C)C1C2. The molecule has 5 fully saturated rings. The van der Waals surface area contributed by atoms with E-state index in [2.05, 4.69) is 26.1 Å². The minimum Gasteiger partial charge on any atom is -0.400 e. The number of nitrogens with one attached hydrogen (secondary N) is 1. The van der Waals surface area contributed by atoms with Crippen molar-refractivity contribution in [2.75, 3.05) is 6.54 Å². The zero-order valence-electron chi connectivity index (χ0n) is 12.6. The van der Waals surface area contributed by atoms with Crippen molar-refractivity contribution in [3.63, 3.8) is 0 Å². The van der Waals surface area contributed by atoms with Crippen molar-refractivity contribution in [3.8, 4) is 0 Å². The third kappa shape index (κ3) is 1.57. The third-order valence-corrected chi connectivity index (χ3v) is 6.59. The second-order valence-corrected chi connectivity index (χ2v) is 7.85. The predicted molar refractivity (Wildman–Crippen MR) is 76.1 cm³/mol. The largest absolute Gasteiger partial charge is 0.534 e. The molecule has 5 rings (SSSR count). The van der Waals surface area contributed by atoms with Gasteiger partial charge in [0.25, 0.3) is 0 Å². The van der Waals surface area contributed by atoms with E-state index in [1.54, 1.807) is 0 Å². The summed E-state index contributed by atoms with van der Waals surface area (Å²) in [4.78, 5) is 12.5. The lowest BCUT2D eigenvalue weighted by molar-refractivity contribution is -0.199. The molecule has 2 saturated heterocycles. The van der Waals surface area contributed by atoms with Crippen LogP contribution in [0.2, 0.25) is 0 Å². The van der Waals surface area contributed by atoms with E-state index in [-0.39, 0.29) is 23.4 Å². The maximum absolute atomic E-state index is 12.5. The van der Waals surface area contributed by atoms with E-state index in [0.29, 0.717) is 11.3 Å². The van der Waals surface area contributed by atoms with Crippen LogP contribution in [0.5, 0.6) is 0 Å². The molecule has 2 heterocycles. The molecule has 0 radical (unpaired) electrons. The summed E-state index contributed by atoms with van der Waals surface area (Å²) in [5, 5.41) is 3.26. The smallest absolute Gasteiger partial charge is 0.400 e. The van der Waals surface area contributed by atoms with Crippen molar-refractivity contribution in [2.45, 2.75) is 64.2 Å². The average molecular weight is 277 g/mol. The molecule has 0 aromatic rings. The minimum absolute atomic E-state index is 0.0632. The summed E-state index contributed by atoms with van der Waals surface area (Å²) < 4.78 is 12.2. The summed E-state index contributed by atoms with van der Waals surface area (Å²) in [6.45, 7) is 7.77. The minimum atomic E-state index is -0.643. The van der Waals surface area contributed by atoms with Crippen molar-refractivity contribution in [1.82, 2.24) is 5.32 Å². The zero-order valence-corrected chi connectivity index (χ0v) is 12.6. The summed E-state index contributed by atoms with van der Waals surface area (Å²) in [7, 11) is -0.643. The molecule has 5 aliphatic rings. The van der Waals surface area contributed by atoms with Gasteiger partial charge >= 0.3 is 7.12 Å². The van der Waals surface area contributed by atoms with Gasteiger partial charge in [0.1, 0.15) is 0 Å². The Bertz CT molecular complexity index is 448. The van der Waals surface area contributed by atoms with Gasteiger partial charge in [-0.05, 0) is 56.4 Å². The molecule has 4 nitrogen and oxygen atoms in total. The average Bonchev–Trinajstić information content (AvgIpc) is 3.02. The summed E-state index contributed by atoms with van der Waals surface area (Å²) >= 11 is 0. The maximum Gasteiger partial charge on any atom is 0.534 e. The fourth-order valence-electron chi connectivity index (χ4n) is 5.08. The normalized spacial score (nSPS) is 48.9. The molecule has 4 unspecified atom stereocenters. The van der Waals surface area contributed by atoms with Crippen molar-refractivity contribution in [3.05, 3.63) is 0 Å². The van der Waals surface area contributed by atoms with E-state index < -0.39 is 7.12 Å². The second-order valence-electron chi connectivity index (χ2n) is 7.85. The summed E-state index contributed by atoms with van der Waals surface area (Å²) in [5.41, 5.74) is 0.170. The molecule has 0 spiro atoms. The van der Waals surface area contributed by atoms with E-state index in [1.807, 2.05) is 0 Å². The molecular formula is C15H24BNO3.